The molecular formula is C19H19FN2O3. The molecule has 0 aliphatic carbocycles. The summed E-state index contributed by atoms with van der Waals surface area (Å²) in [5, 5.41) is 0. The third-order valence-electron chi connectivity index (χ3n) is 4.18. The SMILES string of the molecule is NC(=O)CCN1Cc2ccc(OCc3ccc(F)cc3)cc2CC1=O. The molecule has 2 amide bonds. The fraction of sp³-hybridized carbons (Fsp3) is 0.263. The van der Waals surface area contributed by atoms with Crippen molar-refractivity contribution < 1.29 is 18.7 Å². The first kappa shape index (κ1) is 17.0. The predicted octanol–water partition coefficient (Wildman–Crippen LogP) is 2.16. The van der Waals surface area contributed by atoms with E-state index in [1.54, 1.807) is 17.0 Å². The average molecular weight is 342 g/mol. The maximum atomic E-state index is 12.9. The molecule has 1 aliphatic heterocycles. The van der Waals surface area contributed by atoms with Crippen LogP contribution in [0.15, 0.2) is 42.5 Å². The number of primary amides is 1. The first-order chi connectivity index (χ1) is 12.0. The van der Waals surface area contributed by atoms with Crippen molar-refractivity contribution >= 4 is 11.8 Å². The van der Waals surface area contributed by atoms with Crippen LogP contribution in [-0.2, 0) is 29.2 Å². The number of nitrogens with two attached hydrogens (primary N) is 1. The van der Waals surface area contributed by atoms with E-state index in [0.717, 1.165) is 16.7 Å². The van der Waals surface area contributed by atoms with Gasteiger partial charge in [-0.1, -0.05) is 18.2 Å². The van der Waals surface area contributed by atoms with Crippen molar-refractivity contribution in [2.75, 3.05) is 6.54 Å². The Bertz CT molecular complexity index is 790. The third kappa shape index (κ3) is 4.35. The van der Waals surface area contributed by atoms with Gasteiger partial charge in [-0.15, -0.1) is 0 Å². The molecule has 0 saturated carbocycles. The molecular weight excluding hydrogens is 323 g/mol. The second kappa shape index (κ2) is 7.34. The highest BCUT2D eigenvalue weighted by molar-refractivity contribution is 5.82. The first-order valence-corrected chi connectivity index (χ1v) is 8.06. The quantitative estimate of drug-likeness (QED) is 0.874. The summed E-state index contributed by atoms with van der Waals surface area (Å²) in [5.74, 6) is -0.0500. The number of amides is 2. The Hall–Kier alpha value is -2.89. The topological polar surface area (TPSA) is 72.6 Å². The van der Waals surface area contributed by atoms with Crippen LogP contribution in [-0.4, -0.2) is 23.3 Å². The van der Waals surface area contributed by atoms with Crippen molar-refractivity contribution in [1.29, 1.82) is 0 Å². The van der Waals surface area contributed by atoms with Crippen LogP contribution in [0.5, 0.6) is 5.75 Å². The Morgan fingerprint density at radius 1 is 1.16 bits per heavy atom. The molecule has 130 valence electrons. The van der Waals surface area contributed by atoms with E-state index in [1.807, 2.05) is 18.2 Å². The van der Waals surface area contributed by atoms with Gasteiger partial charge in [0.1, 0.15) is 18.2 Å². The van der Waals surface area contributed by atoms with E-state index < -0.39 is 5.91 Å². The molecule has 1 heterocycles. The fourth-order valence-corrected chi connectivity index (χ4v) is 2.78. The molecule has 2 N–H and O–H groups in total. The van der Waals surface area contributed by atoms with Gasteiger partial charge in [0.05, 0.1) is 6.42 Å². The van der Waals surface area contributed by atoms with Crippen molar-refractivity contribution in [3.05, 3.63) is 65.0 Å². The van der Waals surface area contributed by atoms with Gasteiger partial charge in [-0.25, -0.2) is 4.39 Å². The number of hydrogen-bond acceptors (Lipinski definition) is 3. The predicted molar refractivity (Wildman–Crippen MR) is 90.1 cm³/mol. The summed E-state index contributed by atoms with van der Waals surface area (Å²) in [4.78, 5) is 24.7. The van der Waals surface area contributed by atoms with Crippen LogP contribution in [0, 0.1) is 5.82 Å². The lowest BCUT2D eigenvalue weighted by Crippen LogP contribution is -2.38. The van der Waals surface area contributed by atoms with E-state index in [9.17, 15) is 14.0 Å². The highest BCUT2D eigenvalue weighted by Gasteiger charge is 2.23. The normalized spacial score (nSPS) is 13.5. The van der Waals surface area contributed by atoms with Gasteiger partial charge >= 0.3 is 0 Å². The van der Waals surface area contributed by atoms with Gasteiger partial charge in [-0.05, 0) is 41.0 Å². The number of ether oxygens (including phenoxy) is 1. The largest absolute Gasteiger partial charge is 0.489 e. The van der Waals surface area contributed by atoms with Crippen LogP contribution in [0.1, 0.15) is 23.1 Å². The Balaban J connectivity index is 1.64. The molecule has 0 saturated heterocycles. The van der Waals surface area contributed by atoms with E-state index >= 15 is 0 Å². The van der Waals surface area contributed by atoms with Crippen LogP contribution < -0.4 is 10.5 Å². The van der Waals surface area contributed by atoms with Gasteiger partial charge in [0.2, 0.25) is 11.8 Å². The summed E-state index contributed by atoms with van der Waals surface area (Å²) in [5.41, 5.74) is 7.98. The number of fused-ring (bicyclic) bond motifs is 1. The molecule has 0 unspecified atom stereocenters. The Kier molecular flexibility index (Phi) is 4.97. The van der Waals surface area contributed by atoms with Gasteiger partial charge in [0, 0.05) is 19.5 Å². The summed E-state index contributed by atoms with van der Waals surface area (Å²) in [6.45, 7) is 1.15. The van der Waals surface area contributed by atoms with E-state index in [-0.39, 0.29) is 24.6 Å². The number of carbonyl (C=O) groups excluding carboxylic acids is 2. The Morgan fingerprint density at radius 2 is 1.92 bits per heavy atom. The second-order valence-corrected chi connectivity index (χ2v) is 6.05. The van der Waals surface area contributed by atoms with Crippen molar-refractivity contribution in [2.45, 2.75) is 26.0 Å². The zero-order valence-electron chi connectivity index (χ0n) is 13.7. The van der Waals surface area contributed by atoms with Crippen LogP contribution in [0.4, 0.5) is 4.39 Å². The van der Waals surface area contributed by atoms with Gasteiger partial charge in [0.15, 0.2) is 0 Å². The van der Waals surface area contributed by atoms with Crippen molar-refractivity contribution in [3.63, 3.8) is 0 Å². The third-order valence-corrected chi connectivity index (χ3v) is 4.18. The van der Waals surface area contributed by atoms with E-state index in [2.05, 4.69) is 0 Å². The molecule has 0 bridgehead atoms. The molecule has 2 aromatic carbocycles. The second-order valence-electron chi connectivity index (χ2n) is 6.05. The van der Waals surface area contributed by atoms with Gasteiger partial charge < -0.3 is 15.4 Å². The minimum atomic E-state index is -0.414. The van der Waals surface area contributed by atoms with E-state index in [1.165, 1.54) is 12.1 Å². The maximum absolute atomic E-state index is 12.9. The minimum absolute atomic E-state index is 0.0237. The van der Waals surface area contributed by atoms with Crippen molar-refractivity contribution in [3.8, 4) is 5.75 Å². The van der Waals surface area contributed by atoms with Gasteiger partial charge in [-0.2, -0.15) is 0 Å². The summed E-state index contributed by atoms with van der Waals surface area (Å²) >= 11 is 0. The number of rotatable bonds is 6. The number of hydrogen-bond donors (Lipinski definition) is 1. The van der Waals surface area contributed by atoms with E-state index in [4.69, 9.17) is 10.5 Å². The Labute approximate surface area is 145 Å². The van der Waals surface area contributed by atoms with Gasteiger partial charge in [0.25, 0.3) is 0 Å². The lowest BCUT2D eigenvalue weighted by molar-refractivity contribution is -0.132. The molecule has 6 heteroatoms. The summed E-state index contributed by atoms with van der Waals surface area (Å²) in [6.07, 6.45) is 0.446. The zero-order valence-corrected chi connectivity index (χ0v) is 13.7. The zero-order chi connectivity index (χ0) is 17.8. The number of nitrogens with zero attached hydrogens (tertiary/aromatic N) is 1. The highest BCUT2D eigenvalue weighted by atomic mass is 19.1. The van der Waals surface area contributed by atoms with Crippen molar-refractivity contribution in [2.24, 2.45) is 5.73 Å². The lowest BCUT2D eigenvalue weighted by Gasteiger charge is -2.28. The Morgan fingerprint density at radius 3 is 2.64 bits per heavy atom. The molecule has 3 rings (SSSR count). The standard InChI is InChI=1S/C19H19FN2O3/c20-16-4-1-13(2-5-16)12-25-17-6-3-14-11-22(8-7-18(21)23)19(24)10-15(14)9-17/h1-6,9H,7-8,10-12H2,(H2,21,23). The molecule has 0 aromatic heterocycles. The number of halogens is 1. The van der Waals surface area contributed by atoms with Crippen LogP contribution in [0.2, 0.25) is 0 Å². The van der Waals surface area contributed by atoms with Crippen molar-refractivity contribution in [1.82, 2.24) is 4.90 Å². The first-order valence-electron chi connectivity index (χ1n) is 8.06. The molecule has 2 aromatic rings. The monoisotopic (exact) mass is 342 g/mol. The number of benzene rings is 2. The molecule has 1 aliphatic rings. The van der Waals surface area contributed by atoms with Crippen LogP contribution in [0.3, 0.4) is 0 Å². The molecule has 5 nitrogen and oxygen atoms in total. The fourth-order valence-electron chi connectivity index (χ4n) is 2.78. The van der Waals surface area contributed by atoms with Crippen LogP contribution >= 0.6 is 0 Å². The molecule has 0 spiro atoms. The summed E-state index contributed by atoms with van der Waals surface area (Å²) < 4.78 is 18.6. The minimum Gasteiger partial charge on any atom is -0.489 e. The molecule has 0 radical (unpaired) electrons. The van der Waals surface area contributed by atoms with E-state index in [0.29, 0.717) is 25.4 Å². The molecule has 0 fully saturated rings. The average Bonchev–Trinajstić information content (AvgIpc) is 2.59. The van der Waals surface area contributed by atoms with Crippen LogP contribution in [0.25, 0.3) is 0 Å². The highest BCUT2D eigenvalue weighted by Crippen LogP contribution is 2.25. The van der Waals surface area contributed by atoms with Gasteiger partial charge in [-0.3, -0.25) is 9.59 Å². The number of carbonyl (C=O) groups is 2. The maximum Gasteiger partial charge on any atom is 0.227 e. The summed E-state index contributed by atoms with van der Waals surface area (Å²) in [7, 11) is 0. The lowest BCUT2D eigenvalue weighted by atomic mass is 9.98. The summed E-state index contributed by atoms with van der Waals surface area (Å²) in [6, 6.07) is 11.8. The smallest absolute Gasteiger partial charge is 0.227 e. The molecule has 25 heavy (non-hydrogen) atoms. The molecule has 0 atom stereocenters.